The van der Waals surface area contributed by atoms with Gasteiger partial charge in [-0.2, -0.15) is 5.10 Å². The van der Waals surface area contributed by atoms with E-state index >= 15 is 0 Å². The van der Waals surface area contributed by atoms with Gasteiger partial charge in [0.05, 0.1) is 11.4 Å². The van der Waals surface area contributed by atoms with Crippen molar-refractivity contribution < 1.29 is 4.79 Å². The molecule has 5 heteroatoms. The number of aromatic nitrogens is 2. The van der Waals surface area contributed by atoms with Crippen LogP contribution in [-0.2, 0) is 4.79 Å². The minimum Gasteiger partial charge on any atom is -0.311 e. The summed E-state index contributed by atoms with van der Waals surface area (Å²) in [6.07, 6.45) is 3.62. The van der Waals surface area contributed by atoms with Crippen LogP contribution in [0.5, 0.6) is 0 Å². The average molecular weight is 306 g/mol. The third kappa shape index (κ3) is 4.33. The lowest BCUT2D eigenvalue weighted by Crippen LogP contribution is -2.14. The average Bonchev–Trinajstić information content (AvgIpc) is 2.80. The van der Waals surface area contributed by atoms with E-state index in [0.29, 0.717) is 17.3 Å². The molecule has 0 saturated heterocycles. The van der Waals surface area contributed by atoms with Crippen LogP contribution in [0.15, 0.2) is 30.3 Å². The van der Waals surface area contributed by atoms with Crippen molar-refractivity contribution in [3.8, 4) is 5.69 Å². The van der Waals surface area contributed by atoms with Gasteiger partial charge in [0.25, 0.3) is 0 Å². The van der Waals surface area contributed by atoms with Crippen LogP contribution >= 0.6 is 11.6 Å². The van der Waals surface area contributed by atoms with E-state index in [0.717, 1.165) is 30.6 Å². The van der Waals surface area contributed by atoms with Crippen LogP contribution in [0.1, 0.15) is 38.3 Å². The molecule has 2 aromatic rings. The first kappa shape index (κ1) is 15.6. The highest BCUT2D eigenvalue weighted by Gasteiger charge is 2.11. The Labute approximate surface area is 130 Å². The fourth-order valence-electron chi connectivity index (χ4n) is 2.13. The zero-order valence-corrected chi connectivity index (χ0v) is 13.2. The molecule has 112 valence electrons. The highest BCUT2D eigenvalue weighted by Crippen LogP contribution is 2.20. The summed E-state index contributed by atoms with van der Waals surface area (Å²) >= 11 is 6.02. The Morgan fingerprint density at radius 2 is 2.14 bits per heavy atom. The van der Waals surface area contributed by atoms with Crippen LogP contribution in [0.2, 0.25) is 5.02 Å². The van der Waals surface area contributed by atoms with Crippen LogP contribution in [-0.4, -0.2) is 15.7 Å². The van der Waals surface area contributed by atoms with E-state index in [9.17, 15) is 4.79 Å². The minimum atomic E-state index is 0.0200. The maximum atomic E-state index is 12.0. The molecule has 2 rings (SSSR count). The summed E-state index contributed by atoms with van der Waals surface area (Å²) in [6, 6.07) is 9.26. The number of halogens is 1. The maximum Gasteiger partial charge on any atom is 0.225 e. The summed E-state index contributed by atoms with van der Waals surface area (Å²) in [5, 5.41) is 7.98. The molecule has 0 bridgehead atoms. The third-order valence-corrected chi connectivity index (χ3v) is 3.39. The first-order valence-electron chi connectivity index (χ1n) is 7.22. The molecule has 0 aliphatic rings. The second-order valence-electron chi connectivity index (χ2n) is 5.07. The zero-order valence-electron chi connectivity index (χ0n) is 12.4. The Hall–Kier alpha value is -1.81. The Bertz CT molecular complexity index is 622. The molecule has 0 unspecified atom stereocenters. The molecule has 0 aliphatic heterocycles. The molecule has 1 heterocycles. The zero-order chi connectivity index (χ0) is 15.2. The summed E-state index contributed by atoms with van der Waals surface area (Å²) in [6.45, 7) is 4.02. The van der Waals surface area contributed by atoms with Gasteiger partial charge in [-0.25, -0.2) is 4.68 Å². The summed E-state index contributed by atoms with van der Waals surface area (Å²) < 4.78 is 1.71. The molecule has 0 atom stereocenters. The van der Waals surface area contributed by atoms with E-state index in [1.54, 1.807) is 4.68 Å². The van der Waals surface area contributed by atoms with Crippen molar-refractivity contribution >= 4 is 23.3 Å². The molecule has 0 radical (unpaired) electrons. The van der Waals surface area contributed by atoms with E-state index < -0.39 is 0 Å². The van der Waals surface area contributed by atoms with E-state index in [2.05, 4.69) is 17.3 Å². The number of carbonyl (C=O) groups is 1. The summed E-state index contributed by atoms with van der Waals surface area (Å²) in [4.78, 5) is 12.0. The highest BCUT2D eigenvalue weighted by atomic mass is 35.5. The predicted octanol–water partition coefficient (Wildman–Crippen LogP) is 4.35. The van der Waals surface area contributed by atoms with Crippen LogP contribution < -0.4 is 5.32 Å². The SMILES string of the molecule is CCCCCC(=O)Nc1cc(C)nn1-c1cccc(Cl)c1. The maximum absolute atomic E-state index is 12.0. The van der Waals surface area contributed by atoms with Crippen LogP contribution in [0.4, 0.5) is 5.82 Å². The topological polar surface area (TPSA) is 46.9 Å². The first-order chi connectivity index (χ1) is 10.1. The lowest BCUT2D eigenvalue weighted by atomic mass is 10.2. The number of carbonyl (C=O) groups excluding carboxylic acids is 1. The molecule has 1 amide bonds. The number of nitrogens with one attached hydrogen (secondary N) is 1. The Morgan fingerprint density at radius 1 is 1.33 bits per heavy atom. The number of amides is 1. The smallest absolute Gasteiger partial charge is 0.225 e. The number of aryl methyl sites for hydroxylation is 1. The van der Waals surface area contributed by atoms with Gasteiger partial charge in [-0.3, -0.25) is 4.79 Å². The van der Waals surface area contributed by atoms with Gasteiger partial charge in [0.2, 0.25) is 5.91 Å². The normalized spacial score (nSPS) is 10.6. The molecule has 1 N–H and O–H groups in total. The van der Waals surface area contributed by atoms with Crippen LogP contribution in [0.25, 0.3) is 5.69 Å². The number of nitrogens with zero attached hydrogens (tertiary/aromatic N) is 2. The van der Waals surface area contributed by atoms with Crippen molar-refractivity contribution in [1.82, 2.24) is 9.78 Å². The monoisotopic (exact) mass is 305 g/mol. The minimum absolute atomic E-state index is 0.0200. The van der Waals surface area contributed by atoms with E-state index in [1.165, 1.54) is 0 Å². The number of hydrogen-bond donors (Lipinski definition) is 1. The van der Waals surface area contributed by atoms with Gasteiger partial charge in [-0.15, -0.1) is 0 Å². The van der Waals surface area contributed by atoms with E-state index in [1.807, 2.05) is 37.3 Å². The number of benzene rings is 1. The van der Waals surface area contributed by atoms with Gasteiger partial charge in [0.15, 0.2) is 0 Å². The highest BCUT2D eigenvalue weighted by molar-refractivity contribution is 6.30. The predicted molar refractivity (Wildman–Crippen MR) is 86.1 cm³/mol. The number of anilines is 1. The molecule has 21 heavy (non-hydrogen) atoms. The molecular formula is C16H20ClN3O. The van der Waals surface area contributed by atoms with Gasteiger partial charge in [-0.1, -0.05) is 37.4 Å². The second kappa shape index (κ2) is 7.27. The Balaban J connectivity index is 2.15. The lowest BCUT2D eigenvalue weighted by molar-refractivity contribution is -0.116. The van der Waals surface area contributed by atoms with Crippen LogP contribution in [0.3, 0.4) is 0 Å². The van der Waals surface area contributed by atoms with Crippen molar-refractivity contribution in [2.45, 2.75) is 39.5 Å². The van der Waals surface area contributed by atoms with Crippen molar-refractivity contribution in [2.24, 2.45) is 0 Å². The Kier molecular flexibility index (Phi) is 5.39. The second-order valence-corrected chi connectivity index (χ2v) is 5.50. The lowest BCUT2D eigenvalue weighted by Gasteiger charge is -2.09. The summed E-state index contributed by atoms with van der Waals surface area (Å²) in [5.74, 6) is 0.697. The number of rotatable bonds is 6. The van der Waals surface area contributed by atoms with Crippen molar-refractivity contribution in [3.05, 3.63) is 41.0 Å². The number of unbranched alkanes of at least 4 members (excludes halogenated alkanes) is 2. The van der Waals surface area contributed by atoms with Gasteiger partial charge >= 0.3 is 0 Å². The molecule has 1 aromatic heterocycles. The molecule has 0 aliphatic carbocycles. The molecule has 0 saturated carbocycles. The summed E-state index contributed by atoms with van der Waals surface area (Å²) in [7, 11) is 0. The molecular weight excluding hydrogens is 286 g/mol. The molecule has 0 spiro atoms. The van der Waals surface area contributed by atoms with Gasteiger partial charge in [0.1, 0.15) is 5.82 Å². The summed E-state index contributed by atoms with van der Waals surface area (Å²) in [5.41, 5.74) is 1.68. The quantitative estimate of drug-likeness (QED) is 0.806. The molecule has 0 fully saturated rings. The molecule has 4 nitrogen and oxygen atoms in total. The van der Waals surface area contributed by atoms with E-state index in [4.69, 9.17) is 11.6 Å². The standard InChI is InChI=1S/C16H20ClN3O/c1-3-4-5-9-16(21)18-15-10-12(2)19-20(15)14-8-6-7-13(17)11-14/h6-8,10-11H,3-5,9H2,1-2H3,(H,18,21). The van der Waals surface area contributed by atoms with Gasteiger partial charge in [-0.05, 0) is 31.5 Å². The number of hydrogen-bond acceptors (Lipinski definition) is 2. The largest absolute Gasteiger partial charge is 0.311 e. The third-order valence-electron chi connectivity index (χ3n) is 3.16. The van der Waals surface area contributed by atoms with Crippen molar-refractivity contribution in [2.75, 3.05) is 5.32 Å². The van der Waals surface area contributed by atoms with Gasteiger partial charge < -0.3 is 5.32 Å². The fourth-order valence-corrected chi connectivity index (χ4v) is 2.32. The van der Waals surface area contributed by atoms with Crippen molar-refractivity contribution in [3.63, 3.8) is 0 Å². The molecule has 1 aromatic carbocycles. The van der Waals surface area contributed by atoms with E-state index in [-0.39, 0.29) is 5.91 Å². The van der Waals surface area contributed by atoms with Gasteiger partial charge in [0, 0.05) is 17.5 Å². The fraction of sp³-hybridized carbons (Fsp3) is 0.375. The van der Waals surface area contributed by atoms with Crippen molar-refractivity contribution in [1.29, 1.82) is 0 Å². The Morgan fingerprint density at radius 3 is 2.86 bits per heavy atom. The first-order valence-corrected chi connectivity index (χ1v) is 7.60. The van der Waals surface area contributed by atoms with Crippen LogP contribution in [0, 0.1) is 6.92 Å².